The quantitative estimate of drug-likeness (QED) is 0.797. The van der Waals surface area contributed by atoms with Gasteiger partial charge in [-0.25, -0.2) is 4.99 Å². The maximum Gasteiger partial charge on any atom is 0.127 e. The van der Waals surface area contributed by atoms with E-state index in [1.807, 2.05) is 0 Å². The summed E-state index contributed by atoms with van der Waals surface area (Å²) in [7, 11) is 0. The van der Waals surface area contributed by atoms with Gasteiger partial charge < -0.3 is 5.73 Å². The Bertz CT molecular complexity index is 379. The van der Waals surface area contributed by atoms with E-state index in [0.29, 0.717) is 5.92 Å². The minimum atomic E-state index is 0.0370. The molecule has 0 saturated carbocycles. The molecule has 0 fully saturated rings. The number of hydrogen-bond donors (Lipinski definition) is 2. The molecule has 3 nitrogen and oxygen atoms in total. The zero-order valence-corrected chi connectivity index (χ0v) is 9.90. The number of nitrogens with one attached hydrogen (secondary N) is 1. The largest absolute Gasteiger partial charge is 0.387 e. The molecule has 1 aromatic rings. The van der Waals surface area contributed by atoms with Gasteiger partial charge in [-0.1, -0.05) is 38.1 Å². The van der Waals surface area contributed by atoms with Crippen molar-refractivity contribution in [1.29, 1.82) is 0 Å². The second-order valence-electron chi connectivity index (χ2n) is 4.55. The Morgan fingerprint density at radius 1 is 1.31 bits per heavy atom. The first-order valence-electron chi connectivity index (χ1n) is 5.82. The molecule has 3 heteroatoms. The SMILES string of the molecule is CC(C)c1ccc(C2N=C(N)CCN2)cc1. The minimum absolute atomic E-state index is 0.0370. The minimum Gasteiger partial charge on any atom is -0.387 e. The molecule has 1 aromatic carbocycles. The highest BCUT2D eigenvalue weighted by Gasteiger charge is 2.14. The van der Waals surface area contributed by atoms with Gasteiger partial charge >= 0.3 is 0 Å². The lowest BCUT2D eigenvalue weighted by atomic mass is 10.0. The van der Waals surface area contributed by atoms with Crippen LogP contribution in [0.25, 0.3) is 0 Å². The molecule has 1 unspecified atom stereocenters. The number of nitrogens with two attached hydrogens (primary N) is 1. The lowest BCUT2D eigenvalue weighted by molar-refractivity contribution is 0.539. The Labute approximate surface area is 96.8 Å². The van der Waals surface area contributed by atoms with Crippen molar-refractivity contribution >= 4 is 5.84 Å². The Balaban J connectivity index is 2.18. The van der Waals surface area contributed by atoms with Crippen LogP contribution in [-0.2, 0) is 0 Å². The fourth-order valence-corrected chi connectivity index (χ4v) is 1.87. The van der Waals surface area contributed by atoms with Crippen molar-refractivity contribution in [2.75, 3.05) is 6.54 Å². The summed E-state index contributed by atoms with van der Waals surface area (Å²) in [6.07, 6.45) is 0.885. The van der Waals surface area contributed by atoms with Gasteiger partial charge in [0.15, 0.2) is 0 Å². The monoisotopic (exact) mass is 217 g/mol. The van der Waals surface area contributed by atoms with Crippen LogP contribution in [0.15, 0.2) is 29.3 Å². The van der Waals surface area contributed by atoms with Gasteiger partial charge in [0.05, 0.1) is 5.84 Å². The average molecular weight is 217 g/mol. The molecule has 1 aliphatic rings. The maximum atomic E-state index is 5.75. The lowest BCUT2D eigenvalue weighted by Crippen LogP contribution is -2.32. The number of hydrogen-bond acceptors (Lipinski definition) is 3. The van der Waals surface area contributed by atoms with Gasteiger partial charge in [0.25, 0.3) is 0 Å². The van der Waals surface area contributed by atoms with Crippen LogP contribution in [0.2, 0.25) is 0 Å². The fourth-order valence-electron chi connectivity index (χ4n) is 1.87. The molecule has 1 aliphatic heterocycles. The van der Waals surface area contributed by atoms with E-state index < -0.39 is 0 Å². The molecule has 1 atom stereocenters. The molecule has 0 radical (unpaired) electrons. The second-order valence-corrected chi connectivity index (χ2v) is 4.55. The van der Waals surface area contributed by atoms with Crippen LogP contribution in [0, 0.1) is 0 Å². The molecule has 2 rings (SSSR count). The number of nitrogens with zero attached hydrogens (tertiary/aromatic N) is 1. The zero-order chi connectivity index (χ0) is 11.5. The summed E-state index contributed by atoms with van der Waals surface area (Å²) in [5.41, 5.74) is 8.30. The van der Waals surface area contributed by atoms with E-state index in [9.17, 15) is 0 Å². The Morgan fingerprint density at radius 3 is 2.56 bits per heavy atom. The average Bonchev–Trinajstić information content (AvgIpc) is 2.29. The van der Waals surface area contributed by atoms with E-state index in [0.717, 1.165) is 18.8 Å². The van der Waals surface area contributed by atoms with Crippen LogP contribution in [0.4, 0.5) is 0 Å². The van der Waals surface area contributed by atoms with E-state index in [4.69, 9.17) is 5.73 Å². The summed E-state index contributed by atoms with van der Waals surface area (Å²) in [6, 6.07) is 8.61. The number of rotatable bonds is 2. The normalized spacial score (nSPS) is 20.9. The van der Waals surface area contributed by atoms with Crippen LogP contribution in [-0.4, -0.2) is 12.4 Å². The summed E-state index contributed by atoms with van der Waals surface area (Å²) in [4.78, 5) is 4.41. The molecule has 0 amide bonds. The Kier molecular flexibility index (Phi) is 3.25. The molecule has 0 aliphatic carbocycles. The van der Waals surface area contributed by atoms with Crippen molar-refractivity contribution in [2.45, 2.75) is 32.4 Å². The van der Waals surface area contributed by atoms with E-state index in [2.05, 4.69) is 48.4 Å². The van der Waals surface area contributed by atoms with Crippen molar-refractivity contribution in [1.82, 2.24) is 5.32 Å². The molecule has 16 heavy (non-hydrogen) atoms. The number of amidine groups is 1. The van der Waals surface area contributed by atoms with Crippen LogP contribution < -0.4 is 11.1 Å². The fraction of sp³-hybridized carbons (Fsp3) is 0.462. The first-order chi connectivity index (χ1) is 7.66. The molecule has 86 valence electrons. The van der Waals surface area contributed by atoms with Gasteiger partial charge in [-0.2, -0.15) is 0 Å². The predicted octanol–water partition coefficient (Wildman–Crippen LogP) is 2.16. The number of benzene rings is 1. The van der Waals surface area contributed by atoms with Gasteiger partial charge in [0, 0.05) is 13.0 Å². The highest BCUT2D eigenvalue weighted by atomic mass is 15.1. The van der Waals surface area contributed by atoms with Crippen molar-refractivity contribution in [3.05, 3.63) is 35.4 Å². The molecular formula is C13H19N3. The van der Waals surface area contributed by atoms with Crippen LogP contribution in [0.1, 0.15) is 43.5 Å². The van der Waals surface area contributed by atoms with Crippen LogP contribution in [0.3, 0.4) is 0 Å². The lowest BCUT2D eigenvalue weighted by Gasteiger charge is -2.21. The maximum absolute atomic E-state index is 5.75. The first kappa shape index (κ1) is 11.1. The van der Waals surface area contributed by atoms with Gasteiger partial charge in [-0.3, -0.25) is 5.32 Å². The highest BCUT2D eigenvalue weighted by molar-refractivity contribution is 5.81. The van der Waals surface area contributed by atoms with Crippen molar-refractivity contribution in [3.8, 4) is 0 Å². The summed E-state index contributed by atoms with van der Waals surface area (Å²) < 4.78 is 0. The topological polar surface area (TPSA) is 50.4 Å². The second kappa shape index (κ2) is 4.66. The Hall–Kier alpha value is -1.35. The first-order valence-corrected chi connectivity index (χ1v) is 5.82. The summed E-state index contributed by atoms with van der Waals surface area (Å²) in [5, 5.41) is 3.35. The predicted molar refractivity (Wildman–Crippen MR) is 67.5 cm³/mol. The summed E-state index contributed by atoms with van der Waals surface area (Å²) in [6.45, 7) is 5.31. The van der Waals surface area contributed by atoms with Crippen molar-refractivity contribution in [3.63, 3.8) is 0 Å². The van der Waals surface area contributed by atoms with Gasteiger partial charge in [-0.05, 0) is 17.0 Å². The van der Waals surface area contributed by atoms with Gasteiger partial charge in [-0.15, -0.1) is 0 Å². The third-order valence-electron chi connectivity index (χ3n) is 2.93. The van der Waals surface area contributed by atoms with Crippen molar-refractivity contribution < 1.29 is 0 Å². The summed E-state index contributed by atoms with van der Waals surface area (Å²) in [5.74, 6) is 1.32. The van der Waals surface area contributed by atoms with E-state index in [1.165, 1.54) is 11.1 Å². The molecule has 0 spiro atoms. The molecule has 0 bridgehead atoms. The zero-order valence-electron chi connectivity index (χ0n) is 9.90. The van der Waals surface area contributed by atoms with Crippen LogP contribution in [0.5, 0.6) is 0 Å². The third kappa shape index (κ3) is 2.42. The third-order valence-corrected chi connectivity index (χ3v) is 2.93. The van der Waals surface area contributed by atoms with E-state index >= 15 is 0 Å². The Morgan fingerprint density at radius 2 is 2.00 bits per heavy atom. The molecule has 0 saturated heterocycles. The van der Waals surface area contributed by atoms with Gasteiger partial charge in [0.2, 0.25) is 0 Å². The van der Waals surface area contributed by atoms with Gasteiger partial charge in [0.1, 0.15) is 6.17 Å². The molecule has 3 N–H and O–H groups in total. The smallest absolute Gasteiger partial charge is 0.127 e. The molecule has 1 heterocycles. The number of aliphatic imine (C=N–C) groups is 1. The van der Waals surface area contributed by atoms with Crippen LogP contribution >= 0.6 is 0 Å². The van der Waals surface area contributed by atoms with Crippen molar-refractivity contribution in [2.24, 2.45) is 10.7 Å². The molecular weight excluding hydrogens is 198 g/mol. The highest BCUT2D eigenvalue weighted by Crippen LogP contribution is 2.20. The van der Waals surface area contributed by atoms with E-state index in [-0.39, 0.29) is 6.17 Å². The molecule has 0 aromatic heterocycles. The van der Waals surface area contributed by atoms with E-state index in [1.54, 1.807) is 0 Å². The standard InChI is InChI=1S/C13H19N3/c1-9(2)10-3-5-11(6-4-10)13-15-8-7-12(14)16-13/h3-6,9,13,15H,7-8H2,1-2H3,(H2,14,16). The summed E-state index contributed by atoms with van der Waals surface area (Å²) >= 11 is 0.